The Morgan fingerprint density at radius 3 is 2.47 bits per heavy atom. The smallest absolute Gasteiger partial charge is 0.336 e. The van der Waals surface area contributed by atoms with Crippen LogP contribution < -0.4 is 0 Å². The highest BCUT2D eigenvalue weighted by Gasteiger charge is 2.36. The number of hydrogen-bond acceptors (Lipinski definition) is 4. The zero-order chi connectivity index (χ0) is 21.8. The third-order valence-electron chi connectivity index (χ3n) is 5.31. The zero-order valence-corrected chi connectivity index (χ0v) is 17.3. The van der Waals surface area contributed by atoms with Crippen molar-refractivity contribution in [1.82, 2.24) is 4.90 Å². The highest BCUT2D eigenvalue weighted by molar-refractivity contribution is 5.96. The number of hydrogen-bond donors (Lipinski definition) is 1. The summed E-state index contributed by atoms with van der Waals surface area (Å²) in [4.78, 5) is 38.6. The Morgan fingerprint density at radius 2 is 1.83 bits per heavy atom. The van der Waals surface area contributed by atoms with Crippen LogP contribution in [0.3, 0.4) is 0 Å². The number of amides is 1. The van der Waals surface area contributed by atoms with Crippen LogP contribution in [-0.2, 0) is 20.9 Å². The third-order valence-corrected chi connectivity index (χ3v) is 5.31. The minimum absolute atomic E-state index is 0.119. The van der Waals surface area contributed by atoms with E-state index in [4.69, 9.17) is 4.74 Å². The summed E-state index contributed by atoms with van der Waals surface area (Å²) in [5.74, 6) is -1.95. The number of aryl methyl sites for hydroxylation is 1. The van der Waals surface area contributed by atoms with E-state index in [2.05, 4.69) is 0 Å². The molecule has 30 heavy (non-hydrogen) atoms. The molecule has 1 atom stereocenters. The van der Waals surface area contributed by atoms with Crippen molar-refractivity contribution in [3.05, 3.63) is 82.1 Å². The minimum Gasteiger partial charge on any atom is -0.478 e. The molecule has 1 aliphatic rings. The number of nitrogens with zero attached hydrogens (tertiary/aromatic N) is 1. The fourth-order valence-corrected chi connectivity index (χ4v) is 3.75. The summed E-state index contributed by atoms with van der Waals surface area (Å²) < 4.78 is 5.30. The highest BCUT2D eigenvalue weighted by atomic mass is 16.5. The Hall–Kier alpha value is -3.41. The van der Waals surface area contributed by atoms with E-state index in [0.717, 1.165) is 11.1 Å². The van der Waals surface area contributed by atoms with Gasteiger partial charge in [0.1, 0.15) is 0 Å². The van der Waals surface area contributed by atoms with Gasteiger partial charge in [0, 0.05) is 18.0 Å². The van der Waals surface area contributed by atoms with Crippen LogP contribution in [0.1, 0.15) is 53.2 Å². The van der Waals surface area contributed by atoms with Gasteiger partial charge in [-0.15, -0.1) is 0 Å². The standard InChI is InChI=1S/C24H25NO5/c1-4-30-24(29)22-16(3)25(14-17-6-5-7-19(12-17)23(27)28)21(26)13-20(22)18-10-8-15(2)9-11-18/h5-12,20H,4,13-14H2,1-3H3,(H,27,28). The van der Waals surface area contributed by atoms with Crippen molar-refractivity contribution < 1.29 is 24.2 Å². The van der Waals surface area contributed by atoms with Gasteiger partial charge < -0.3 is 14.7 Å². The first-order valence-corrected chi connectivity index (χ1v) is 9.88. The van der Waals surface area contributed by atoms with E-state index < -0.39 is 11.9 Å². The van der Waals surface area contributed by atoms with Crippen molar-refractivity contribution in [3.63, 3.8) is 0 Å². The number of carboxylic acids is 1. The molecule has 6 nitrogen and oxygen atoms in total. The molecule has 2 aromatic rings. The second kappa shape index (κ2) is 8.95. The molecule has 0 radical (unpaired) electrons. The number of esters is 1. The second-order valence-electron chi connectivity index (χ2n) is 7.37. The molecule has 0 aromatic heterocycles. The van der Waals surface area contributed by atoms with E-state index in [1.165, 1.54) is 11.0 Å². The molecule has 0 bridgehead atoms. The van der Waals surface area contributed by atoms with Crippen LogP contribution in [0.2, 0.25) is 0 Å². The molecule has 0 spiro atoms. The van der Waals surface area contributed by atoms with Crippen LogP contribution in [0.15, 0.2) is 59.8 Å². The molecule has 1 amide bonds. The Labute approximate surface area is 175 Å². The van der Waals surface area contributed by atoms with E-state index in [9.17, 15) is 19.5 Å². The molecule has 0 fully saturated rings. The fraction of sp³-hybridized carbons (Fsp3) is 0.292. The summed E-state index contributed by atoms with van der Waals surface area (Å²) in [5.41, 5.74) is 3.83. The third kappa shape index (κ3) is 4.43. The minimum atomic E-state index is -1.03. The molecule has 1 heterocycles. The maximum absolute atomic E-state index is 13.0. The lowest BCUT2D eigenvalue weighted by Crippen LogP contribution is -2.38. The van der Waals surface area contributed by atoms with Crippen molar-refractivity contribution in [2.75, 3.05) is 6.61 Å². The van der Waals surface area contributed by atoms with Crippen LogP contribution in [0.25, 0.3) is 0 Å². The quantitative estimate of drug-likeness (QED) is 0.731. The Kier molecular flexibility index (Phi) is 6.35. The summed E-state index contributed by atoms with van der Waals surface area (Å²) in [6, 6.07) is 14.3. The number of aromatic carboxylic acids is 1. The molecular formula is C24H25NO5. The summed E-state index contributed by atoms with van der Waals surface area (Å²) in [6.07, 6.45) is 0.146. The van der Waals surface area contributed by atoms with E-state index in [1.807, 2.05) is 31.2 Å². The number of rotatable bonds is 6. The maximum atomic E-state index is 13.0. The molecule has 0 aliphatic carbocycles. The van der Waals surface area contributed by atoms with Gasteiger partial charge in [-0.25, -0.2) is 9.59 Å². The molecule has 156 valence electrons. The van der Waals surface area contributed by atoms with Crippen molar-refractivity contribution in [1.29, 1.82) is 0 Å². The lowest BCUT2D eigenvalue weighted by molar-refractivity contribution is -0.140. The topological polar surface area (TPSA) is 83.9 Å². The monoisotopic (exact) mass is 407 g/mol. The fourth-order valence-electron chi connectivity index (χ4n) is 3.75. The maximum Gasteiger partial charge on any atom is 0.336 e. The number of allylic oxidation sites excluding steroid dienone is 1. The molecule has 1 aliphatic heterocycles. The molecular weight excluding hydrogens is 382 g/mol. The van der Waals surface area contributed by atoms with Gasteiger partial charge in [-0.1, -0.05) is 42.0 Å². The van der Waals surface area contributed by atoms with Crippen LogP contribution in [0, 0.1) is 6.92 Å². The van der Waals surface area contributed by atoms with Gasteiger partial charge in [-0.3, -0.25) is 4.79 Å². The summed E-state index contributed by atoms with van der Waals surface area (Å²) in [6.45, 7) is 5.90. The zero-order valence-electron chi connectivity index (χ0n) is 17.3. The average molecular weight is 407 g/mol. The Balaban J connectivity index is 2.01. The Morgan fingerprint density at radius 1 is 1.13 bits per heavy atom. The molecule has 0 saturated carbocycles. The Bertz CT molecular complexity index is 1010. The van der Waals surface area contributed by atoms with E-state index in [-0.39, 0.29) is 37.0 Å². The molecule has 2 aromatic carbocycles. The SMILES string of the molecule is CCOC(=O)C1=C(C)N(Cc2cccc(C(=O)O)c2)C(=O)CC1c1ccc(C)cc1. The first-order chi connectivity index (χ1) is 14.3. The largest absolute Gasteiger partial charge is 0.478 e. The highest BCUT2D eigenvalue weighted by Crippen LogP contribution is 2.37. The van der Waals surface area contributed by atoms with Crippen LogP contribution in [0.4, 0.5) is 0 Å². The van der Waals surface area contributed by atoms with E-state index >= 15 is 0 Å². The molecule has 1 unspecified atom stereocenters. The van der Waals surface area contributed by atoms with Crippen molar-refractivity contribution in [3.8, 4) is 0 Å². The number of carboxylic acid groups (broad SMARTS) is 1. The number of ether oxygens (including phenoxy) is 1. The van der Waals surface area contributed by atoms with E-state index in [0.29, 0.717) is 16.8 Å². The molecule has 0 saturated heterocycles. The predicted molar refractivity (Wildman–Crippen MR) is 112 cm³/mol. The normalized spacial score (nSPS) is 16.6. The van der Waals surface area contributed by atoms with Crippen molar-refractivity contribution in [2.45, 2.75) is 39.7 Å². The van der Waals surface area contributed by atoms with Gasteiger partial charge in [-0.05, 0) is 44.0 Å². The van der Waals surface area contributed by atoms with Crippen molar-refractivity contribution >= 4 is 17.8 Å². The lowest BCUT2D eigenvalue weighted by Gasteiger charge is -2.34. The first-order valence-electron chi connectivity index (χ1n) is 9.88. The van der Waals surface area contributed by atoms with Crippen LogP contribution >= 0.6 is 0 Å². The number of carbonyl (C=O) groups excluding carboxylic acids is 2. The van der Waals surface area contributed by atoms with Crippen molar-refractivity contribution in [2.24, 2.45) is 0 Å². The first kappa shape index (κ1) is 21.3. The number of carbonyl (C=O) groups is 3. The average Bonchev–Trinajstić information content (AvgIpc) is 2.71. The number of benzene rings is 2. The lowest BCUT2D eigenvalue weighted by atomic mass is 9.83. The molecule has 1 N–H and O–H groups in total. The van der Waals surface area contributed by atoms with Crippen LogP contribution in [-0.4, -0.2) is 34.5 Å². The van der Waals surface area contributed by atoms with Gasteiger partial charge in [0.05, 0.1) is 24.3 Å². The van der Waals surface area contributed by atoms with Crippen LogP contribution in [0.5, 0.6) is 0 Å². The summed E-state index contributed by atoms with van der Waals surface area (Å²) in [5, 5.41) is 9.22. The van der Waals surface area contributed by atoms with E-state index in [1.54, 1.807) is 32.0 Å². The van der Waals surface area contributed by atoms with Gasteiger partial charge in [0.2, 0.25) is 5.91 Å². The summed E-state index contributed by atoms with van der Waals surface area (Å²) >= 11 is 0. The van der Waals surface area contributed by atoms with Gasteiger partial charge in [0.25, 0.3) is 0 Å². The summed E-state index contributed by atoms with van der Waals surface area (Å²) in [7, 11) is 0. The van der Waals surface area contributed by atoms with Gasteiger partial charge in [-0.2, -0.15) is 0 Å². The predicted octanol–water partition coefficient (Wildman–Crippen LogP) is 4.05. The van der Waals surface area contributed by atoms with Gasteiger partial charge >= 0.3 is 11.9 Å². The molecule has 6 heteroatoms. The van der Waals surface area contributed by atoms with Gasteiger partial charge in [0.15, 0.2) is 0 Å². The second-order valence-corrected chi connectivity index (χ2v) is 7.37. The molecule has 3 rings (SSSR count).